The van der Waals surface area contributed by atoms with Crippen molar-refractivity contribution in [3.05, 3.63) is 23.8 Å². The van der Waals surface area contributed by atoms with Gasteiger partial charge in [0.2, 0.25) is 0 Å². The van der Waals surface area contributed by atoms with E-state index in [0.29, 0.717) is 18.9 Å². The van der Waals surface area contributed by atoms with Crippen LogP contribution >= 0.6 is 0 Å². The Bertz CT molecular complexity index is 780. The van der Waals surface area contributed by atoms with Crippen LogP contribution < -0.4 is 9.47 Å². The predicted octanol–water partition coefficient (Wildman–Crippen LogP) is 4.47. The van der Waals surface area contributed by atoms with E-state index in [1.807, 2.05) is 45.9 Å². The third-order valence-electron chi connectivity index (χ3n) is 5.81. The molecule has 166 valence electrons. The van der Waals surface area contributed by atoms with Crippen LogP contribution in [0.3, 0.4) is 0 Å². The summed E-state index contributed by atoms with van der Waals surface area (Å²) in [5, 5.41) is 0. The Balaban J connectivity index is 1.80. The molecule has 0 saturated heterocycles. The van der Waals surface area contributed by atoms with E-state index >= 15 is 0 Å². The molecule has 1 aliphatic carbocycles. The SMILES string of the molecule is CCOC(=O)C1CCC([C@H]2CC(=N[S+]([O-])C(C)(C)C)c3ccc(OC)cc3O2)CC1. The molecule has 1 fully saturated rings. The third-order valence-corrected chi connectivity index (χ3v) is 7.24. The maximum Gasteiger partial charge on any atom is 0.308 e. The van der Waals surface area contributed by atoms with Gasteiger partial charge in [0.1, 0.15) is 39.4 Å². The monoisotopic (exact) mass is 435 g/mol. The molecule has 1 unspecified atom stereocenters. The molecular weight excluding hydrogens is 402 g/mol. The molecule has 0 bridgehead atoms. The second-order valence-electron chi connectivity index (χ2n) is 8.99. The Hall–Kier alpha value is -1.73. The van der Waals surface area contributed by atoms with Crippen molar-refractivity contribution in [3.63, 3.8) is 0 Å². The zero-order valence-corrected chi connectivity index (χ0v) is 19.4. The van der Waals surface area contributed by atoms with Gasteiger partial charge in [-0.25, -0.2) is 0 Å². The Kier molecular flexibility index (Phi) is 7.34. The molecule has 3 rings (SSSR count). The first-order valence-electron chi connectivity index (χ1n) is 10.7. The van der Waals surface area contributed by atoms with Gasteiger partial charge in [-0.1, -0.05) is 4.40 Å². The van der Waals surface area contributed by atoms with Gasteiger partial charge in [0.15, 0.2) is 0 Å². The van der Waals surface area contributed by atoms with Gasteiger partial charge in [0, 0.05) is 18.1 Å². The maximum atomic E-state index is 12.7. The summed E-state index contributed by atoms with van der Waals surface area (Å²) < 4.78 is 33.9. The second-order valence-corrected chi connectivity index (χ2v) is 10.9. The van der Waals surface area contributed by atoms with Crippen molar-refractivity contribution in [2.24, 2.45) is 16.2 Å². The highest BCUT2D eigenvalue weighted by Gasteiger charge is 2.37. The number of esters is 1. The van der Waals surface area contributed by atoms with Crippen LogP contribution in [0.5, 0.6) is 11.5 Å². The fourth-order valence-corrected chi connectivity index (χ4v) is 4.69. The van der Waals surface area contributed by atoms with Crippen molar-refractivity contribution < 1.29 is 23.6 Å². The van der Waals surface area contributed by atoms with Crippen LogP contribution in [0.25, 0.3) is 0 Å². The van der Waals surface area contributed by atoms with Crippen molar-refractivity contribution in [2.45, 2.75) is 70.7 Å². The van der Waals surface area contributed by atoms with Crippen molar-refractivity contribution >= 4 is 23.0 Å². The minimum absolute atomic E-state index is 0.0151. The number of rotatable bonds is 5. The van der Waals surface area contributed by atoms with Crippen molar-refractivity contribution in [1.82, 2.24) is 0 Å². The highest BCUT2D eigenvalue weighted by molar-refractivity contribution is 7.91. The molecule has 6 nitrogen and oxygen atoms in total. The summed E-state index contributed by atoms with van der Waals surface area (Å²) in [6.07, 6.45) is 4.01. The quantitative estimate of drug-likeness (QED) is 0.504. The van der Waals surface area contributed by atoms with Gasteiger partial charge in [-0.15, -0.1) is 0 Å². The lowest BCUT2D eigenvalue weighted by atomic mass is 9.77. The van der Waals surface area contributed by atoms with Gasteiger partial charge in [0.25, 0.3) is 0 Å². The van der Waals surface area contributed by atoms with E-state index in [2.05, 4.69) is 4.40 Å². The molecule has 7 heteroatoms. The van der Waals surface area contributed by atoms with Crippen LogP contribution in [0, 0.1) is 11.8 Å². The van der Waals surface area contributed by atoms with Gasteiger partial charge < -0.3 is 18.8 Å². The van der Waals surface area contributed by atoms with Crippen LogP contribution in [-0.2, 0) is 20.9 Å². The number of fused-ring (bicyclic) bond motifs is 1. The third kappa shape index (κ3) is 5.30. The molecule has 1 aromatic rings. The smallest absolute Gasteiger partial charge is 0.308 e. The largest absolute Gasteiger partial charge is 0.591 e. The van der Waals surface area contributed by atoms with E-state index in [1.54, 1.807) is 7.11 Å². The minimum Gasteiger partial charge on any atom is -0.591 e. The second kappa shape index (κ2) is 9.60. The highest BCUT2D eigenvalue weighted by atomic mass is 32.2. The number of benzene rings is 1. The van der Waals surface area contributed by atoms with Crippen LogP contribution in [0.4, 0.5) is 0 Å². The zero-order chi connectivity index (χ0) is 21.9. The van der Waals surface area contributed by atoms with Gasteiger partial charge in [-0.3, -0.25) is 4.79 Å². The molecule has 0 N–H and O–H groups in total. The summed E-state index contributed by atoms with van der Waals surface area (Å²) in [6.45, 7) is 8.04. The standard InChI is InChI=1S/C23H33NO5S/c1-6-28-22(25)16-9-7-15(8-10-16)20-14-19(24-30(26)23(2,3)4)18-12-11-17(27-5)13-21(18)29-20/h11-13,15-16,20H,6-10,14H2,1-5H3/t15?,16?,20-,30?/m1/s1. The number of hydrogen-bond donors (Lipinski definition) is 0. The van der Waals surface area contributed by atoms with Crippen molar-refractivity contribution in [1.29, 1.82) is 0 Å². The first-order chi connectivity index (χ1) is 14.2. The van der Waals surface area contributed by atoms with E-state index in [1.165, 1.54) is 0 Å². The summed E-state index contributed by atoms with van der Waals surface area (Å²) in [4.78, 5) is 12.1. The van der Waals surface area contributed by atoms with E-state index in [0.717, 1.165) is 48.5 Å². The van der Waals surface area contributed by atoms with Crippen molar-refractivity contribution in [2.75, 3.05) is 13.7 Å². The number of carbonyl (C=O) groups excluding carboxylic acids is 1. The number of methoxy groups -OCH3 is 1. The number of nitrogens with zero attached hydrogens (tertiary/aromatic N) is 1. The predicted molar refractivity (Wildman–Crippen MR) is 119 cm³/mol. The Labute approximate surface area is 182 Å². The molecule has 2 atom stereocenters. The summed E-state index contributed by atoms with van der Waals surface area (Å²) in [5.74, 6) is 1.67. The molecule has 0 radical (unpaired) electrons. The first-order valence-corrected chi connectivity index (χ1v) is 11.8. The molecule has 1 aliphatic heterocycles. The molecule has 0 amide bonds. The molecular formula is C23H33NO5S. The highest BCUT2D eigenvalue weighted by Crippen LogP contribution is 2.40. The van der Waals surface area contributed by atoms with E-state index in [9.17, 15) is 9.35 Å². The van der Waals surface area contributed by atoms with Gasteiger partial charge in [0.05, 0.1) is 19.6 Å². The zero-order valence-electron chi connectivity index (χ0n) is 18.6. The Morgan fingerprint density at radius 1 is 1.27 bits per heavy atom. The number of carbonyl (C=O) groups is 1. The Morgan fingerprint density at radius 2 is 1.97 bits per heavy atom. The molecule has 2 aliphatic rings. The number of hydrogen-bond acceptors (Lipinski definition) is 6. The summed E-state index contributed by atoms with van der Waals surface area (Å²) in [5.41, 5.74) is 1.70. The normalized spacial score (nSPS) is 26.5. The topological polar surface area (TPSA) is 80.2 Å². The van der Waals surface area contributed by atoms with Crippen molar-refractivity contribution in [3.8, 4) is 11.5 Å². The molecule has 0 aromatic heterocycles. The summed E-state index contributed by atoms with van der Waals surface area (Å²) in [7, 11) is 1.63. The molecule has 30 heavy (non-hydrogen) atoms. The van der Waals surface area contributed by atoms with Gasteiger partial charge >= 0.3 is 5.97 Å². The van der Waals surface area contributed by atoms with Crippen LogP contribution in [0.2, 0.25) is 0 Å². The van der Waals surface area contributed by atoms with Crippen LogP contribution in [0.15, 0.2) is 22.6 Å². The average molecular weight is 436 g/mol. The lowest BCUT2D eigenvalue weighted by Gasteiger charge is -2.36. The van der Waals surface area contributed by atoms with E-state index < -0.39 is 16.1 Å². The Morgan fingerprint density at radius 3 is 2.57 bits per heavy atom. The molecule has 1 heterocycles. The molecule has 0 spiro atoms. The number of ether oxygens (including phenoxy) is 3. The summed E-state index contributed by atoms with van der Waals surface area (Å²) in [6, 6.07) is 5.69. The summed E-state index contributed by atoms with van der Waals surface area (Å²) >= 11 is -1.34. The lowest BCUT2D eigenvalue weighted by Crippen LogP contribution is -2.38. The van der Waals surface area contributed by atoms with E-state index in [-0.39, 0.29) is 18.0 Å². The fraction of sp³-hybridized carbons (Fsp3) is 0.652. The van der Waals surface area contributed by atoms with Gasteiger partial charge in [-0.05, 0) is 71.4 Å². The fourth-order valence-electron chi connectivity index (χ4n) is 4.04. The van der Waals surface area contributed by atoms with E-state index in [4.69, 9.17) is 14.2 Å². The molecule has 1 saturated carbocycles. The minimum atomic E-state index is -1.34. The average Bonchev–Trinajstić information content (AvgIpc) is 2.72. The first kappa shape index (κ1) is 22.9. The molecule has 1 aromatic carbocycles. The lowest BCUT2D eigenvalue weighted by molar-refractivity contribution is -0.149. The van der Waals surface area contributed by atoms with Crippen LogP contribution in [-0.4, -0.2) is 40.8 Å². The van der Waals surface area contributed by atoms with Crippen LogP contribution in [0.1, 0.15) is 65.4 Å². The van der Waals surface area contributed by atoms with Gasteiger partial charge in [-0.2, -0.15) is 0 Å². The maximum absolute atomic E-state index is 12.7.